The summed E-state index contributed by atoms with van der Waals surface area (Å²) in [6.07, 6.45) is 24.4. The van der Waals surface area contributed by atoms with Crippen molar-refractivity contribution in [3.8, 4) is 16.9 Å². The minimum atomic E-state index is 0.149. The predicted molar refractivity (Wildman–Crippen MR) is 166 cm³/mol. The fraction of sp³-hybridized carbons (Fsp3) is 0.667. The van der Waals surface area contributed by atoms with Crippen LogP contribution in [0.3, 0.4) is 0 Å². The van der Waals surface area contributed by atoms with Gasteiger partial charge in [-0.25, -0.2) is 0 Å². The Balaban J connectivity index is 1.56. The van der Waals surface area contributed by atoms with Crippen molar-refractivity contribution in [1.29, 1.82) is 0 Å². The van der Waals surface area contributed by atoms with Gasteiger partial charge >= 0.3 is 0 Å². The highest BCUT2D eigenvalue weighted by Crippen LogP contribution is 2.26. The van der Waals surface area contributed by atoms with E-state index in [4.69, 9.17) is 9.47 Å². The number of unbranched alkanes of at least 4 members (excludes halogenated alkanes) is 16. The van der Waals surface area contributed by atoms with Gasteiger partial charge < -0.3 is 9.47 Å². The van der Waals surface area contributed by atoms with Crippen LogP contribution >= 0.6 is 0 Å². The van der Waals surface area contributed by atoms with Crippen LogP contribution in [0.2, 0.25) is 0 Å². The predicted octanol–water partition coefficient (Wildman–Crippen LogP) is 11.9. The molecule has 0 N–H and O–H groups in total. The lowest BCUT2D eigenvalue weighted by atomic mass is 10.0. The molecule has 0 aliphatic heterocycles. The van der Waals surface area contributed by atoms with Crippen LogP contribution in [0.25, 0.3) is 11.1 Å². The Bertz CT molecular complexity index is 780. The molecule has 0 radical (unpaired) electrons. The summed E-state index contributed by atoms with van der Waals surface area (Å²) >= 11 is 0. The van der Waals surface area contributed by atoms with E-state index >= 15 is 0 Å². The van der Waals surface area contributed by atoms with E-state index in [9.17, 15) is 0 Å². The summed E-state index contributed by atoms with van der Waals surface area (Å²) in [4.78, 5) is 0. The van der Waals surface area contributed by atoms with Gasteiger partial charge in [-0.3, -0.25) is 0 Å². The van der Waals surface area contributed by atoms with E-state index in [2.05, 4.69) is 69.3 Å². The molecule has 38 heavy (non-hydrogen) atoms. The Hall–Kier alpha value is -1.80. The monoisotopic (exact) mass is 522 g/mol. The summed E-state index contributed by atoms with van der Waals surface area (Å²) in [5, 5.41) is 0. The van der Waals surface area contributed by atoms with Gasteiger partial charge in [0, 0.05) is 6.61 Å². The van der Waals surface area contributed by atoms with Crippen molar-refractivity contribution in [3.05, 3.63) is 54.1 Å². The number of hydrogen-bond acceptors (Lipinski definition) is 2. The minimum Gasteiger partial charge on any atom is -0.494 e. The molecule has 2 aromatic carbocycles. The first-order valence-corrected chi connectivity index (χ1v) is 16.2. The Morgan fingerprint density at radius 3 is 1.34 bits per heavy atom. The molecule has 0 fully saturated rings. The third-order valence-electron chi connectivity index (χ3n) is 7.70. The number of rotatable bonds is 24. The van der Waals surface area contributed by atoms with Crippen LogP contribution in [0.4, 0.5) is 0 Å². The second-order valence-corrected chi connectivity index (χ2v) is 11.2. The molecular weight excluding hydrogens is 464 g/mol. The molecule has 1 unspecified atom stereocenters. The largest absolute Gasteiger partial charge is 0.494 e. The van der Waals surface area contributed by atoms with Crippen LogP contribution < -0.4 is 4.74 Å². The molecule has 2 heteroatoms. The first-order valence-electron chi connectivity index (χ1n) is 16.2. The maximum atomic E-state index is 6.10. The van der Waals surface area contributed by atoms with E-state index in [0.29, 0.717) is 0 Å². The summed E-state index contributed by atoms with van der Waals surface area (Å²) in [5.41, 5.74) is 3.73. The summed E-state index contributed by atoms with van der Waals surface area (Å²) in [7, 11) is 0. The highest BCUT2D eigenvalue weighted by Gasteiger charge is 2.07. The van der Waals surface area contributed by atoms with Gasteiger partial charge in [0.15, 0.2) is 0 Å². The molecule has 0 amide bonds. The highest BCUT2D eigenvalue weighted by atomic mass is 16.5. The average Bonchev–Trinajstić information content (AvgIpc) is 2.95. The molecule has 2 nitrogen and oxygen atoms in total. The van der Waals surface area contributed by atoms with E-state index < -0.39 is 0 Å². The zero-order valence-electron chi connectivity index (χ0n) is 25.2. The third-order valence-corrected chi connectivity index (χ3v) is 7.70. The van der Waals surface area contributed by atoms with Crippen molar-refractivity contribution >= 4 is 0 Å². The standard InChI is InChI=1S/C36H58O2/c1-4-6-8-10-12-13-14-15-17-19-21-31-38-36-28-26-35(27-29-36)34-24-22-33(23-25-34)32(3)37-30-20-18-16-11-9-7-5-2/h22-29,32H,4-21,30-31H2,1-3H3. The smallest absolute Gasteiger partial charge is 0.119 e. The zero-order valence-corrected chi connectivity index (χ0v) is 25.2. The minimum absolute atomic E-state index is 0.149. The van der Waals surface area contributed by atoms with E-state index in [1.165, 1.54) is 126 Å². The van der Waals surface area contributed by atoms with Crippen LogP contribution in [0.1, 0.15) is 148 Å². The summed E-state index contributed by atoms with van der Waals surface area (Å²) in [6.45, 7) is 8.40. The second-order valence-electron chi connectivity index (χ2n) is 11.2. The Kier molecular flexibility index (Phi) is 18.8. The van der Waals surface area contributed by atoms with Crippen LogP contribution in [0.15, 0.2) is 48.5 Å². The fourth-order valence-corrected chi connectivity index (χ4v) is 5.06. The topological polar surface area (TPSA) is 18.5 Å². The molecule has 214 valence electrons. The first kappa shape index (κ1) is 32.4. The first-order chi connectivity index (χ1) is 18.7. The Labute approximate surface area is 235 Å². The maximum absolute atomic E-state index is 6.10. The molecule has 0 aliphatic rings. The van der Waals surface area contributed by atoms with Crippen molar-refractivity contribution < 1.29 is 9.47 Å². The maximum Gasteiger partial charge on any atom is 0.119 e. The number of ether oxygens (including phenoxy) is 2. The molecule has 0 aliphatic carbocycles. The number of hydrogen-bond donors (Lipinski definition) is 0. The summed E-state index contributed by atoms with van der Waals surface area (Å²) in [5.74, 6) is 0.977. The highest BCUT2D eigenvalue weighted by molar-refractivity contribution is 5.64. The SMILES string of the molecule is CCCCCCCCCCCCCOc1ccc(-c2ccc(C(C)OCCCCCCCCC)cc2)cc1. The molecule has 0 saturated carbocycles. The van der Waals surface area contributed by atoms with Crippen molar-refractivity contribution in [3.63, 3.8) is 0 Å². The van der Waals surface area contributed by atoms with Crippen LogP contribution in [0, 0.1) is 0 Å². The van der Waals surface area contributed by atoms with Crippen molar-refractivity contribution in [2.45, 2.75) is 142 Å². The van der Waals surface area contributed by atoms with E-state index in [1.807, 2.05) is 0 Å². The van der Waals surface area contributed by atoms with Crippen LogP contribution in [0.5, 0.6) is 5.75 Å². The molecule has 2 rings (SSSR count). The van der Waals surface area contributed by atoms with Gasteiger partial charge in [-0.05, 0) is 48.6 Å². The molecule has 0 bridgehead atoms. The van der Waals surface area contributed by atoms with E-state index in [1.54, 1.807) is 0 Å². The molecular formula is C36H58O2. The van der Waals surface area contributed by atoms with Crippen molar-refractivity contribution in [1.82, 2.24) is 0 Å². The lowest BCUT2D eigenvalue weighted by Gasteiger charge is -2.14. The summed E-state index contributed by atoms with van der Waals surface area (Å²) in [6, 6.07) is 17.4. The molecule has 1 atom stereocenters. The molecule has 2 aromatic rings. The van der Waals surface area contributed by atoms with Gasteiger partial charge in [0.25, 0.3) is 0 Å². The third kappa shape index (κ3) is 15.0. The Morgan fingerprint density at radius 1 is 0.474 bits per heavy atom. The van der Waals surface area contributed by atoms with Gasteiger partial charge in [0.05, 0.1) is 12.7 Å². The normalized spacial score (nSPS) is 12.1. The van der Waals surface area contributed by atoms with Crippen molar-refractivity contribution in [2.75, 3.05) is 13.2 Å². The lowest BCUT2D eigenvalue weighted by molar-refractivity contribution is 0.0627. The summed E-state index contributed by atoms with van der Waals surface area (Å²) < 4.78 is 12.1. The average molecular weight is 523 g/mol. The van der Waals surface area contributed by atoms with E-state index in [0.717, 1.165) is 25.4 Å². The van der Waals surface area contributed by atoms with Crippen LogP contribution in [-0.4, -0.2) is 13.2 Å². The quantitative estimate of drug-likeness (QED) is 0.128. The van der Waals surface area contributed by atoms with Gasteiger partial charge in [0.2, 0.25) is 0 Å². The molecule has 0 heterocycles. The van der Waals surface area contributed by atoms with E-state index in [-0.39, 0.29) is 6.10 Å². The Morgan fingerprint density at radius 2 is 0.868 bits per heavy atom. The lowest BCUT2D eigenvalue weighted by Crippen LogP contribution is -2.01. The fourth-order valence-electron chi connectivity index (χ4n) is 5.06. The van der Waals surface area contributed by atoms with Gasteiger partial charge in [0.1, 0.15) is 5.75 Å². The molecule has 0 spiro atoms. The van der Waals surface area contributed by atoms with Gasteiger partial charge in [-0.15, -0.1) is 0 Å². The molecule has 0 saturated heterocycles. The van der Waals surface area contributed by atoms with Crippen molar-refractivity contribution in [2.24, 2.45) is 0 Å². The van der Waals surface area contributed by atoms with Gasteiger partial charge in [-0.1, -0.05) is 153 Å². The van der Waals surface area contributed by atoms with Crippen LogP contribution in [-0.2, 0) is 4.74 Å². The number of benzene rings is 2. The zero-order chi connectivity index (χ0) is 27.1. The second kappa shape index (κ2) is 22.1. The molecule has 0 aromatic heterocycles. The van der Waals surface area contributed by atoms with Gasteiger partial charge in [-0.2, -0.15) is 0 Å².